The number of phenols is 2. The van der Waals surface area contributed by atoms with Gasteiger partial charge in [0.1, 0.15) is 11.5 Å². The van der Waals surface area contributed by atoms with E-state index in [9.17, 15) is 19.8 Å². The SMILES string of the molecule is O=C(c1ccccc1)c1ccc(C[CH]Cc2ccc(C(=O)c3ccccc3)c(O)c2)cc1O. The fourth-order valence-corrected chi connectivity index (χ4v) is 3.69. The van der Waals surface area contributed by atoms with Gasteiger partial charge in [-0.2, -0.15) is 0 Å². The lowest BCUT2D eigenvalue weighted by Crippen LogP contribution is -2.02. The lowest BCUT2D eigenvalue weighted by molar-refractivity contribution is 0.102. The van der Waals surface area contributed by atoms with Gasteiger partial charge in [0.25, 0.3) is 0 Å². The van der Waals surface area contributed by atoms with Crippen molar-refractivity contribution in [1.29, 1.82) is 0 Å². The predicted molar refractivity (Wildman–Crippen MR) is 128 cm³/mol. The number of carbonyl (C=O) groups excluding carboxylic acids is 2. The molecule has 0 aliphatic rings. The first-order chi connectivity index (χ1) is 16.0. The second-order valence-corrected chi connectivity index (χ2v) is 7.79. The summed E-state index contributed by atoms with van der Waals surface area (Å²) in [6.07, 6.45) is 3.18. The molecule has 0 aromatic heterocycles. The monoisotopic (exact) mass is 435 g/mol. The molecule has 4 nitrogen and oxygen atoms in total. The highest BCUT2D eigenvalue weighted by Crippen LogP contribution is 2.25. The van der Waals surface area contributed by atoms with Crippen LogP contribution in [0.2, 0.25) is 0 Å². The van der Waals surface area contributed by atoms with Crippen LogP contribution in [0.1, 0.15) is 43.0 Å². The van der Waals surface area contributed by atoms with E-state index in [1.54, 1.807) is 72.8 Å². The molecule has 0 saturated carbocycles. The van der Waals surface area contributed by atoms with E-state index in [1.807, 2.05) is 30.7 Å². The van der Waals surface area contributed by atoms with E-state index in [0.29, 0.717) is 24.0 Å². The van der Waals surface area contributed by atoms with Crippen molar-refractivity contribution in [3.63, 3.8) is 0 Å². The number of rotatable bonds is 8. The molecule has 0 aliphatic carbocycles. The summed E-state index contributed by atoms with van der Waals surface area (Å²) in [6, 6.07) is 27.8. The summed E-state index contributed by atoms with van der Waals surface area (Å²) < 4.78 is 0. The lowest BCUT2D eigenvalue weighted by Gasteiger charge is -2.09. The Morgan fingerprint density at radius 3 is 1.33 bits per heavy atom. The largest absolute Gasteiger partial charge is 0.507 e. The van der Waals surface area contributed by atoms with Gasteiger partial charge in [0.15, 0.2) is 11.6 Å². The zero-order chi connectivity index (χ0) is 23.2. The third-order valence-corrected chi connectivity index (χ3v) is 5.45. The Balaban J connectivity index is 1.37. The maximum absolute atomic E-state index is 12.6. The van der Waals surface area contributed by atoms with Gasteiger partial charge < -0.3 is 10.2 Å². The Labute approximate surface area is 192 Å². The van der Waals surface area contributed by atoms with Crippen molar-refractivity contribution in [2.45, 2.75) is 12.8 Å². The van der Waals surface area contributed by atoms with E-state index in [4.69, 9.17) is 0 Å². The normalized spacial score (nSPS) is 10.7. The third kappa shape index (κ3) is 5.18. The van der Waals surface area contributed by atoms with Crippen LogP contribution in [-0.4, -0.2) is 21.8 Å². The van der Waals surface area contributed by atoms with Crippen LogP contribution in [0.25, 0.3) is 0 Å². The summed E-state index contributed by atoms with van der Waals surface area (Å²) in [6.45, 7) is 0. The molecule has 0 amide bonds. The molecule has 4 rings (SSSR count). The predicted octanol–water partition coefficient (Wildman–Crippen LogP) is 5.55. The van der Waals surface area contributed by atoms with Gasteiger partial charge in [0.2, 0.25) is 0 Å². The van der Waals surface area contributed by atoms with Gasteiger partial charge >= 0.3 is 0 Å². The molecular weight excluding hydrogens is 412 g/mol. The molecule has 0 heterocycles. The van der Waals surface area contributed by atoms with E-state index in [0.717, 1.165) is 11.1 Å². The molecule has 4 aromatic rings. The van der Waals surface area contributed by atoms with Crippen LogP contribution < -0.4 is 0 Å². The molecule has 4 heteroatoms. The maximum Gasteiger partial charge on any atom is 0.196 e. The summed E-state index contributed by atoms with van der Waals surface area (Å²) >= 11 is 0. The third-order valence-electron chi connectivity index (χ3n) is 5.45. The molecule has 0 atom stereocenters. The Morgan fingerprint density at radius 2 is 0.970 bits per heavy atom. The van der Waals surface area contributed by atoms with Gasteiger partial charge in [0.05, 0.1) is 11.1 Å². The van der Waals surface area contributed by atoms with Crippen LogP contribution in [0.5, 0.6) is 11.5 Å². The number of hydrogen-bond donors (Lipinski definition) is 2. The Hall–Kier alpha value is -4.18. The summed E-state index contributed by atoms with van der Waals surface area (Å²) in [5, 5.41) is 20.7. The van der Waals surface area contributed by atoms with Crippen LogP contribution in [0.3, 0.4) is 0 Å². The van der Waals surface area contributed by atoms with Gasteiger partial charge in [-0.1, -0.05) is 72.8 Å². The zero-order valence-electron chi connectivity index (χ0n) is 17.9. The zero-order valence-corrected chi connectivity index (χ0v) is 17.9. The first kappa shape index (κ1) is 22.0. The quantitative estimate of drug-likeness (QED) is 0.356. The molecule has 4 aromatic carbocycles. The van der Waals surface area contributed by atoms with Crippen LogP contribution in [-0.2, 0) is 12.8 Å². The van der Waals surface area contributed by atoms with E-state index >= 15 is 0 Å². The first-order valence-corrected chi connectivity index (χ1v) is 10.7. The smallest absolute Gasteiger partial charge is 0.196 e. The molecule has 0 aliphatic heterocycles. The van der Waals surface area contributed by atoms with Crippen molar-refractivity contribution in [3.05, 3.63) is 137 Å². The molecular formula is C29H23O4. The highest BCUT2D eigenvalue weighted by atomic mass is 16.3. The van der Waals surface area contributed by atoms with Crippen LogP contribution in [0.15, 0.2) is 97.1 Å². The van der Waals surface area contributed by atoms with E-state index in [-0.39, 0.29) is 34.2 Å². The average Bonchev–Trinajstić information content (AvgIpc) is 2.84. The highest BCUT2D eigenvalue weighted by molar-refractivity contribution is 6.11. The summed E-state index contributed by atoms with van der Waals surface area (Å²) in [5.41, 5.74) is 3.35. The molecule has 0 fully saturated rings. The van der Waals surface area contributed by atoms with Crippen molar-refractivity contribution in [2.24, 2.45) is 0 Å². The number of carbonyl (C=O) groups is 2. The Kier molecular flexibility index (Phi) is 6.65. The van der Waals surface area contributed by atoms with Crippen molar-refractivity contribution < 1.29 is 19.8 Å². The summed E-state index contributed by atoms with van der Waals surface area (Å²) in [7, 11) is 0. The average molecular weight is 435 g/mol. The number of aromatic hydroxyl groups is 2. The molecule has 0 bridgehead atoms. The molecule has 0 saturated heterocycles. The number of phenolic OH excluding ortho intramolecular Hbond substituents is 2. The Morgan fingerprint density at radius 1 is 0.576 bits per heavy atom. The topological polar surface area (TPSA) is 74.6 Å². The molecule has 1 radical (unpaired) electrons. The number of hydrogen-bond acceptors (Lipinski definition) is 4. The Bertz CT molecular complexity index is 1180. The van der Waals surface area contributed by atoms with E-state index in [2.05, 4.69) is 0 Å². The van der Waals surface area contributed by atoms with Gasteiger partial charge in [0, 0.05) is 11.1 Å². The van der Waals surface area contributed by atoms with E-state index in [1.165, 1.54) is 0 Å². The van der Waals surface area contributed by atoms with Crippen molar-refractivity contribution in [3.8, 4) is 11.5 Å². The minimum absolute atomic E-state index is 0.0452. The molecule has 163 valence electrons. The molecule has 0 unspecified atom stereocenters. The van der Waals surface area contributed by atoms with Crippen LogP contribution in [0, 0.1) is 6.42 Å². The van der Waals surface area contributed by atoms with Crippen molar-refractivity contribution >= 4 is 11.6 Å². The van der Waals surface area contributed by atoms with Gasteiger partial charge in [-0.3, -0.25) is 9.59 Å². The van der Waals surface area contributed by atoms with E-state index < -0.39 is 0 Å². The second-order valence-electron chi connectivity index (χ2n) is 7.79. The van der Waals surface area contributed by atoms with Crippen molar-refractivity contribution in [2.75, 3.05) is 0 Å². The van der Waals surface area contributed by atoms with Crippen LogP contribution in [0.4, 0.5) is 0 Å². The van der Waals surface area contributed by atoms with Gasteiger partial charge in [-0.05, 0) is 54.7 Å². The fraction of sp³-hybridized carbons (Fsp3) is 0.0690. The first-order valence-electron chi connectivity index (χ1n) is 10.7. The van der Waals surface area contributed by atoms with Crippen molar-refractivity contribution in [1.82, 2.24) is 0 Å². The number of benzene rings is 4. The highest BCUT2D eigenvalue weighted by Gasteiger charge is 2.15. The minimum atomic E-state index is -0.218. The summed E-state index contributed by atoms with van der Waals surface area (Å²) in [4.78, 5) is 25.1. The van der Waals surface area contributed by atoms with Gasteiger partial charge in [-0.25, -0.2) is 0 Å². The minimum Gasteiger partial charge on any atom is -0.507 e. The molecule has 2 N–H and O–H groups in total. The molecule has 33 heavy (non-hydrogen) atoms. The second kappa shape index (κ2) is 9.96. The fourth-order valence-electron chi connectivity index (χ4n) is 3.69. The maximum atomic E-state index is 12.6. The van der Waals surface area contributed by atoms with Gasteiger partial charge in [-0.15, -0.1) is 0 Å². The number of ketones is 2. The molecule has 0 spiro atoms. The standard InChI is InChI=1S/C29H23O4/c30-26-18-20(14-16-24(26)28(32)22-10-3-1-4-11-22)8-7-9-21-15-17-25(27(31)19-21)29(33)23-12-5-2-6-13-23/h1-7,10-19,30-31H,8-9H2. The lowest BCUT2D eigenvalue weighted by atomic mass is 9.97. The van der Waals surface area contributed by atoms with Crippen LogP contribution >= 0.6 is 0 Å². The summed E-state index contributed by atoms with van der Waals surface area (Å²) in [5.74, 6) is -0.527.